The fourth-order valence-corrected chi connectivity index (χ4v) is 2.08. The zero-order valence-corrected chi connectivity index (χ0v) is 12.0. The molecule has 0 aliphatic rings. The predicted molar refractivity (Wildman–Crippen MR) is 80.8 cm³/mol. The van der Waals surface area contributed by atoms with E-state index in [-0.39, 0.29) is 11.9 Å². The highest BCUT2D eigenvalue weighted by atomic mass is 16.1. The van der Waals surface area contributed by atoms with Crippen LogP contribution in [-0.2, 0) is 0 Å². The number of carbonyl (C=O) groups is 1. The maximum Gasteiger partial charge on any atom is 0.251 e. The van der Waals surface area contributed by atoms with Crippen molar-refractivity contribution < 1.29 is 4.79 Å². The topological polar surface area (TPSA) is 54.0 Å². The van der Waals surface area contributed by atoms with Gasteiger partial charge in [-0.2, -0.15) is 0 Å². The number of rotatable bonds is 4. The van der Waals surface area contributed by atoms with E-state index in [1.54, 1.807) is 19.4 Å². The molecule has 20 heavy (non-hydrogen) atoms. The van der Waals surface area contributed by atoms with Gasteiger partial charge in [-0.25, -0.2) is 0 Å². The van der Waals surface area contributed by atoms with Gasteiger partial charge in [-0.05, 0) is 55.3 Å². The van der Waals surface area contributed by atoms with Crippen LogP contribution in [0.3, 0.4) is 0 Å². The van der Waals surface area contributed by atoms with E-state index in [9.17, 15) is 4.79 Å². The Hall–Kier alpha value is -2.36. The van der Waals surface area contributed by atoms with E-state index < -0.39 is 0 Å². The van der Waals surface area contributed by atoms with Gasteiger partial charge >= 0.3 is 0 Å². The number of nitrogens with zero attached hydrogens (tertiary/aromatic N) is 1. The summed E-state index contributed by atoms with van der Waals surface area (Å²) in [6.45, 7) is 4.09. The number of amides is 1. The Morgan fingerprint density at radius 1 is 1.20 bits per heavy atom. The largest absolute Gasteiger partial charge is 0.378 e. The number of aryl methyl sites for hydroxylation is 1. The summed E-state index contributed by atoms with van der Waals surface area (Å²) in [5, 5.41) is 6.08. The average molecular weight is 269 g/mol. The summed E-state index contributed by atoms with van der Waals surface area (Å²) in [6.07, 6.45) is 3.57. The van der Waals surface area contributed by atoms with Crippen LogP contribution in [0.25, 0.3) is 0 Å². The third-order valence-corrected chi connectivity index (χ3v) is 3.29. The molecule has 1 atom stereocenters. The van der Waals surface area contributed by atoms with Crippen molar-refractivity contribution in [2.75, 3.05) is 12.4 Å². The van der Waals surface area contributed by atoms with Crippen LogP contribution in [0.15, 0.2) is 42.7 Å². The molecule has 1 aromatic heterocycles. The van der Waals surface area contributed by atoms with Gasteiger partial charge in [-0.15, -0.1) is 0 Å². The van der Waals surface area contributed by atoms with Crippen LogP contribution in [0, 0.1) is 6.92 Å². The normalized spacial score (nSPS) is 11.8. The van der Waals surface area contributed by atoms with Crippen LogP contribution in [0.1, 0.15) is 34.5 Å². The fourth-order valence-electron chi connectivity index (χ4n) is 2.08. The molecule has 0 saturated heterocycles. The number of aromatic nitrogens is 1. The Balaban J connectivity index is 2.16. The van der Waals surface area contributed by atoms with Gasteiger partial charge in [0.05, 0.1) is 0 Å². The van der Waals surface area contributed by atoms with E-state index in [4.69, 9.17) is 0 Å². The average Bonchev–Trinajstić information content (AvgIpc) is 2.49. The first kappa shape index (κ1) is 14.1. The minimum Gasteiger partial charge on any atom is -0.378 e. The number of carbonyl (C=O) groups excluding carboxylic acids is 1. The van der Waals surface area contributed by atoms with Crippen LogP contribution in [-0.4, -0.2) is 17.9 Å². The molecular formula is C16H19N3O. The molecule has 2 N–H and O–H groups in total. The SMILES string of the molecule is CNC(=O)c1ccc(NC(C)c2ccncc2)c(C)c1. The van der Waals surface area contributed by atoms with Gasteiger partial charge in [-0.3, -0.25) is 9.78 Å². The number of benzene rings is 1. The lowest BCUT2D eigenvalue weighted by Gasteiger charge is -2.17. The lowest BCUT2D eigenvalue weighted by Crippen LogP contribution is -2.18. The summed E-state index contributed by atoms with van der Waals surface area (Å²) in [4.78, 5) is 15.6. The van der Waals surface area contributed by atoms with Crippen LogP contribution in [0.4, 0.5) is 5.69 Å². The van der Waals surface area contributed by atoms with Gasteiger partial charge < -0.3 is 10.6 Å². The molecule has 1 amide bonds. The lowest BCUT2D eigenvalue weighted by atomic mass is 10.1. The molecule has 1 heterocycles. The van der Waals surface area contributed by atoms with Crippen LogP contribution < -0.4 is 10.6 Å². The van der Waals surface area contributed by atoms with Crippen LogP contribution in [0.2, 0.25) is 0 Å². The Labute approximate surface area is 119 Å². The monoisotopic (exact) mass is 269 g/mol. The Morgan fingerprint density at radius 2 is 1.90 bits per heavy atom. The summed E-state index contributed by atoms with van der Waals surface area (Å²) < 4.78 is 0. The molecule has 0 aliphatic carbocycles. The third kappa shape index (κ3) is 3.15. The molecule has 4 nitrogen and oxygen atoms in total. The third-order valence-electron chi connectivity index (χ3n) is 3.29. The first-order chi connectivity index (χ1) is 9.61. The zero-order chi connectivity index (χ0) is 14.5. The van der Waals surface area contributed by atoms with Gasteiger partial charge in [0.15, 0.2) is 0 Å². The molecule has 0 radical (unpaired) electrons. The maximum absolute atomic E-state index is 11.6. The number of hydrogen-bond donors (Lipinski definition) is 2. The van der Waals surface area contributed by atoms with Crippen molar-refractivity contribution in [2.24, 2.45) is 0 Å². The van der Waals surface area contributed by atoms with E-state index in [0.29, 0.717) is 5.56 Å². The minimum atomic E-state index is -0.0677. The molecule has 2 rings (SSSR count). The summed E-state index contributed by atoms with van der Waals surface area (Å²) in [6, 6.07) is 9.83. The van der Waals surface area contributed by atoms with Gasteiger partial charge in [0.25, 0.3) is 5.91 Å². The number of hydrogen-bond acceptors (Lipinski definition) is 3. The summed E-state index contributed by atoms with van der Waals surface area (Å²) in [5.41, 5.74) is 3.93. The molecule has 0 aliphatic heterocycles. The smallest absolute Gasteiger partial charge is 0.251 e. The molecule has 2 aromatic rings. The molecule has 0 fully saturated rings. The van der Waals surface area contributed by atoms with Crippen molar-refractivity contribution in [3.8, 4) is 0 Å². The highest BCUT2D eigenvalue weighted by Crippen LogP contribution is 2.22. The highest BCUT2D eigenvalue weighted by molar-refractivity contribution is 5.94. The fraction of sp³-hybridized carbons (Fsp3) is 0.250. The van der Waals surface area contributed by atoms with E-state index in [1.165, 1.54) is 5.56 Å². The van der Waals surface area contributed by atoms with E-state index in [0.717, 1.165) is 11.3 Å². The van der Waals surface area contributed by atoms with Crippen molar-refractivity contribution in [2.45, 2.75) is 19.9 Å². The zero-order valence-electron chi connectivity index (χ0n) is 12.0. The summed E-state index contributed by atoms with van der Waals surface area (Å²) in [7, 11) is 1.63. The molecule has 1 unspecified atom stereocenters. The summed E-state index contributed by atoms with van der Waals surface area (Å²) in [5.74, 6) is -0.0677. The standard InChI is InChI=1S/C16H19N3O/c1-11-10-14(16(20)17-3)4-5-15(11)19-12(2)13-6-8-18-9-7-13/h4-10,12,19H,1-3H3,(H,17,20). The van der Waals surface area contributed by atoms with E-state index >= 15 is 0 Å². The molecule has 104 valence electrons. The Morgan fingerprint density at radius 3 is 2.50 bits per heavy atom. The van der Waals surface area contributed by atoms with E-state index in [2.05, 4.69) is 22.5 Å². The Bertz CT molecular complexity index is 596. The van der Waals surface area contributed by atoms with Gasteiger partial charge in [0.1, 0.15) is 0 Å². The molecule has 4 heteroatoms. The predicted octanol–water partition coefficient (Wildman–Crippen LogP) is 2.92. The molecule has 0 bridgehead atoms. The maximum atomic E-state index is 11.6. The minimum absolute atomic E-state index is 0.0677. The summed E-state index contributed by atoms with van der Waals surface area (Å²) >= 11 is 0. The van der Waals surface area contributed by atoms with Crippen LogP contribution in [0.5, 0.6) is 0 Å². The second kappa shape index (κ2) is 6.19. The van der Waals surface area contributed by atoms with Crippen molar-refractivity contribution >= 4 is 11.6 Å². The van der Waals surface area contributed by atoms with Gasteiger partial charge in [0.2, 0.25) is 0 Å². The van der Waals surface area contributed by atoms with Crippen molar-refractivity contribution in [3.05, 3.63) is 59.4 Å². The van der Waals surface area contributed by atoms with Crippen molar-refractivity contribution in [1.82, 2.24) is 10.3 Å². The molecule has 0 saturated carbocycles. The number of pyridine rings is 1. The van der Waals surface area contributed by atoms with Crippen LogP contribution >= 0.6 is 0 Å². The molecular weight excluding hydrogens is 250 g/mol. The highest BCUT2D eigenvalue weighted by Gasteiger charge is 2.09. The molecule has 1 aromatic carbocycles. The van der Waals surface area contributed by atoms with E-state index in [1.807, 2.05) is 37.3 Å². The second-order valence-electron chi connectivity index (χ2n) is 4.76. The molecule has 0 spiro atoms. The number of anilines is 1. The van der Waals surface area contributed by atoms with Crippen molar-refractivity contribution in [3.63, 3.8) is 0 Å². The number of nitrogens with one attached hydrogen (secondary N) is 2. The quantitative estimate of drug-likeness (QED) is 0.897. The van der Waals surface area contributed by atoms with Gasteiger partial charge in [0, 0.05) is 36.7 Å². The first-order valence-corrected chi connectivity index (χ1v) is 6.61. The first-order valence-electron chi connectivity index (χ1n) is 6.61. The van der Waals surface area contributed by atoms with Gasteiger partial charge in [-0.1, -0.05) is 0 Å². The second-order valence-corrected chi connectivity index (χ2v) is 4.76. The van der Waals surface area contributed by atoms with Crippen molar-refractivity contribution in [1.29, 1.82) is 0 Å². The lowest BCUT2D eigenvalue weighted by molar-refractivity contribution is 0.0963. The Kier molecular flexibility index (Phi) is 4.35.